The van der Waals surface area contributed by atoms with Crippen molar-refractivity contribution in [2.24, 2.45) is 0 Å². The Morgan fingerprint density at radius 1 is 1.16 bits per heavy atom. The van der Waals surface area contributed by atoms with Gasteiger partial charge in [0.2, 0.25) is 0 Å². The van der Waals surface area contributed by atoms with E-state index in [0.717, 1.165) is 31.9 Å². The Labute approximate surface area is 179 Å². The van der Waals surface area contributed by atoms with Crippen molar-refractivity contribution < 1.29 is 9.18 Å². The highest BCUT2D eigenvalue weighted by Crippen LogP contribution is 2.20. The lowest BCUT2D eigenvalue weighted by atomic mass is 10.1. The Kier molecular flexibility index (Phi) is 5.94. The van der Waals surface area contributed by atoms with Crippen LogP contribution in [0.5, 0.6) is 0 Å². The van der Waals surface area contributed by atoms with Crippen molar-refractivity contribution in [2.45, 2.75) is 19.9 Å². The van der Waals surface area contributed by atoms with Gasteiger partial charge in [-0.05, 0) is 24.6 Å². The molecule has 1 aliphatic heterocycles. The van der Waals surface area contributed by atoms with E-state index in [1.165, 1.54) is 0 Å². The lowest BCUT2D eigenvalue weighted by Gasteiger charge is -2.36. The van der Waals surface area contributed by atoms with Crippen molar-refractivity contribution in [2.75, 3.05) is 38.1 Å². The summed E-state index contributed by atoms with van der Waals surface area (Å²) in [6, 6.07) is 5.26. The molecule has 1 saturated heterocycles. The molecule has 1 amide bonds. The van der Waals surface area contributed by atoms with E-state index in [2.05, 4.69) is 30.1 Å². The molecule has 1 fully saturated rings. The predicted molar refractivity (Wildman–Crippen MR) is 117 cm³/mol. The number of hydrogen-bond donors (Lipinski definition) is 2. The second kappa shape index (κ2) is 8.81. The molecule has 0 radical (unpaired) electrons. The standard InChI is InChI=1S/C22H25FN6O2/c1-3-14-10-18-20(27-21(14)30)19(23)15(11-25-18)13-28-6-8-29(9-7-28)16-4-5-17(26-12-16)22(31)24-2/h4-5,10-12H,3,6-9,13H2,1-2H3,(H,24,31)(H,27,30). The van der Waals surface area contributed by atoms with Crippen LogP contribution < -0.4 is 15.8 Å². The van der Waals surface area contributed by atoms with E-state index in [-0.39, 0.29) is 17.0 Å². The van der Waals surface area contributed by atoms with Crippen LogP contribution in [0.15, 0.2) is 35.4 Å². The number of piperazine rings is 1. The van der Waals surface area contributed by atoms with Crippen LogP contribution in [0.3, 0.4) is 0 Å². The lowest BCUT2D eigenvalue weighted by molar-refractivity contribution is 0.0958. The number of aryl methyl sites for hydroxylation is 1. The van der Waals surface area contributed by atoms with Crippen molar-refractivity contribution in [3.8, 4) is 0 Å². The molecule has 0 bridgehead atoms. The summed E-state index contributed by atoms with van der Waals surface area (Å²) in [7, 11) is 1.57. The SMILES string of the molecule is CCc1cc2ncc(CN3CCN(c4ccc(C(=O)NC)nc4)CC3)c(F)c2[nH]c1=O. The maximum absolute atomic E-state index is 15.0. The summed E-state index contributed by atoms with van der Waals surface area (Å²) in [6.45, 7) is 5.34. The monoisotopic (exact) mass is 424 g/mol. The van der Waals surface area contributed by atoms with Crippen LogP contribution in [0.1, 0.15) is 28.5 Å². The Morgan fingerprint density at radius 3 is 2.58 bits per heavy atom. The fraction of sp³-hybridized carbons (Fsp3) is 0.364. The highest BCUT2D eigenvalue weighted by molar-refractivity contribution is 5.92. The Bertz CT molecular complexity index is 1150. The smallest absolute Gasteiger partial charge is 0.269 e. The van der Waals surface area contributed by atoms with Crippen molar-refractivity contribution in [3.63, 3.8) is 0 Å². The minimum absolute atomic E-state index is 0.167. The van der Waals surface area contributed by atoms with Gasteiger partial charge in [0.15, 0.2) is 5.82 Å². The van der Waals surface area contributed by atoms with Crippen molar-refractivity contribution in [3.05, 3.63) is 63.6 Å². The number of fused-ring (bicyclic) bond motifs is 1. The van der Waals surface area contributed by atoms with Crippen LogP contribution in [-0.2, 0) is 13.0 Å². The van der Waals surface area contributed by atoms with E-state index in [1.807, 2.05) is 13.0 Å². The molecule has 0 aliphatic carbocycles. The number of carbonyl (C=O) groups excluding carboxylic acids is 1. The molecule has 9 heteroatoms. The number of rotatable bonds is 5. The van der Waals surface area contributed by atoms with Crippen LogP contribution in [0.25, 0.3) is 11.0 Å². The molecule has 2 N–H and O–H groups in total. The molecule has 0 saturated carbocycles. The van der Waals surface area contributed by atoms with E-state index in [1.54, 1.807) is 31.6 Å². The predicted octanol–water partition coefficient (Wildman–Crippen LogP) is 1.70. The molecular weight excluding hydrogens is 399 g/mol. The molecule has 0 atom stereocenters. The van der Waals surface area contributed by atoms with Gasteiger partial charge < -0.3 is 15.2 Å². The number of anilines is 1. The first-order chi connectivity index (χ1) is 15.0. The zero-order valence-electron chi connectivity index (χ0n) is 17.6. The fourth-order valence-corrected chi connectivity index (χ4v) is 3.81. The van der Waals surface area contributed by atoms with Crippen LogP contribution in [0.2, 0.25) is 0 Å². The summed E-state index contributed by atoms with van der Waals surface area (Å²) in [5.74, 6) is -0.629. The molecule has 4 heterocycles. The van der Waals surface area contributed by atoms with Crippen LogP contribution in [-0.4, -0.2) is 59.0 Å². The van der Waals surface area contributed by atoms with Gasteiger partial charge in [-0.1, -0.05) is 6.92 Å². The lowest BCUT2D eigenvalue weighted by Crippen LogP contribution is -2.46. The second-order valence-electron chi connectivity index (χ2n) is 7.58. The van der Waals surface area contributed by atoms with E-state index in [0.29, 0.717) is 35.3 Å². The normalized spacial score (nSPS) is 14.7. The van der Waals surface area contributed by atoms with Gasteiger partial charge in [0.05, 0.1) is 17.4 Å². The van der Waals surface area contributed by atoms with Crippen molar-refractivity contribution >= 4 is 22.6 Å². The topological polar surface area (TPSA) is 94.2 Å². The van der Waals surface area contributed by atoms with Gasteiger partial charge in [-0.2, -0.15) is 0 Å². The summed E-state index contributed by atoms with van der Waals surface area (Å²) < 4.78 is 15.0. The molecule has 4 rings (SSSR count). The number of nitrogens with one attached hydrogen (secondary N) is 2. The maximum atomic E-state index is 15.0. The van der Waals surface area contributed by atoms with Crippen LogP contribution in [0, 0.1) is 5.82 Å². The molecule has 31 heavy (non-hydrogen) atoms. The molecule has 0 spiro atoms. The Balaban J connectivity index is 1.43. The first kappa shape index (κ1) is 20.9. The average Bonchev–Trinajstić information content (AvgIpc) is 2.81. The first-order valence-electron chi connectivity index (χ1n) is 10.3. The zero-order chi connectivity index (χ0) is 22.0. The molecular formula is C22H25FN6O2. The van der Waals surface area contributed by atoms with Gasteiger partial charge in [0, 0.05) is 57.1 Å². The number of hydrogen-bond acceptors (Lipinski definition) is 6. The van der Waals surface area contributed by atoms with E-state index in [4.69, 9.17) is 0 Å². The van der Waals surface area contributed by atoms with Gasteiger partial charge in [0.1, 0.15) is 11.2 Å². The molecule has 0 aromatic carbocycles. The molecule has 162 valence electrons. The number of aromatic amines is 1. The Hall–Kier alpha value is -3.33. The minimum atomic E-state index is -0.416. The van der Waals surface area contributed by atoms with Crippen LogP contribution in [0.4, 0.5) is 10.1 Å². The van der Waals surface area contributed by atoms with Gasteiger partial charge in [-0.3, -0.25) is 19.5 Å². The molecule has 3 aromatic heterocycles. The van der Waals surface area contributed by atoms with Crippen molar-refractivity contribution in [1.29, 1.82) is 0 Å². The minimum Gasteiger partial charge on any atom is -0.368 e. The molecule has 0 unspecified atom stereocenters. The summed E-state index contributed by atoms with van der Waals surface area (Å²) in [6.07, 6.45) is 3.84. The maximum Gasteiger partial charge on any atom is 0.269 e. The zero-order valence-corrected chi connectivity index (χ0v) is 17.6. The summed E-state index contributed by atoms with van der Waals surface area (Å²) in [4.78, 5) is 39.3. The third-order valence-corrected chi connectivity index (χ3v) is 5.68. The number of halogens is 1. The van der Waals surface area contributed by atoms with Crippen LogP contribution >= 0.6 is 0 Å². The van der Waals surface area contributed by atoms with E-state index >= 15 is 4.39 Å². The highest BCUT2D eigenvalue weighted by Gasteiger charge is 2.20. The quantitative estimate of drug-likeness (QED) is 0.648. The van der Waals surface area contributed by atoms with Gasteiger partial charge >= 0.3 is 0 Å². The van der Waals surface area contributed by atoms with Gasteiger partial charge in [0.25, 0.3) is 11.5 Å². The highest BCUT2D eigenvalue weighted by atomic mass is 19.1. The number of amides is 1. The molecule has 1 aliphatic rings. The van der Waals surface area contributed by atoms with Gasteiger partial charge in [-0.15, -0.1) is 0 Å². The largest absolute Gasteiger partial charge is 0.368 e. The van der Waals surface area contributed by atoms with Crippen molar-refractivity contribution in [1.82, 2.24) is 25.2 Å². The van der Waals surface area contributed by atoms with E-state index in [9.17, 15) is 9.59 Å². The summed E-state index contributed by atoms with van der Waals surface area (Å²) >= 11 is 0. The number of carbonyl (C=O) groups is 1. The third kappa shape index (κ3) is 4.27. The molecule has 3 aromatic rings. The Morgan fingerprint density at radius 2 is 1.94 bits per heavy atom. The summed E-state index contributed by atoms with van der Waals surface area (Å²) in [5, 5.41) is 2.56. The fourth-order valence-electron chi connectivity index (χ4n) is 3.81. The van der Waals surface area contributed by atoms with Gasteiger partial charge in [-0.25, -0.2) is 9.37 Å². The average molecular weight is 424 g/mol. The number of aromatic nitrogens is 3. The summed E-state index contributed by atoms with van der Waals surface area (Å²) in [5.41, 5.74) is 2.77. The molecule has 8 nitrogen and oxygen atoms in total. The van der Waals surface area contributed by atoms with E-state index < -0.39 is 5.82 Å². The second-order valence-corrected chi connectivity index (χ2v) is 7.58. The third-order valence-electron chi connectivity index (χ3n) is 5.68. The number of nitrogens with zero attached hydrogens (tertiary/aromatic N) is 4. The number of H-pyrrole nitrogens is 1. The number of pyridine rings is 3. The first-order valence-corrected chi connectivity index (χ1v) is 10.3.